The summed E-state index contributed by atoms with van der Waals surface area (Å²) in [5.41, 5.74) is 6.61. The molecule has 0 radical (unpaired) electrons. The van der Waals surface area contributed by atoms with E-state index < -0.39 is 6.04 Å². The third-order valence-electron chi connectivity index (χ3n) is 2.92. The van der Waals surface area contributed by atoms with E-state index in [4.69, 9.17) is 10.5 Å². The number of rotatable bonds is 2. The molecule has 1 aromatic carbocycles. The van der Waals surface area contributed by atoms with Gasteiger partial charge in [-0.05, 0) is 25.8 Å². The lowest BCUT2D eigenvalue weighted by Crippen LogP contribution is -2.40. The molecule has 1 aliphatic heterocycles. The Balaban J connectivity index is 2.20. The number of nitrogens with two attached hydrogens (primary N) is 1. The van der Waals surface area contributed by atoms with Crippen molar-refractivity contribution in [3.8, 4) is 5.75 Å². The van der Waals surface area contributed by atoms with Gasteiger partial charge in [0.1, 0.15) is 5.75 Å². The summed E-state index contributed by atoms with van der Waals surface area (Å²) in [5.74, 6) is 0.742. The van der Waals surface area contributed by atoms with E-state index in [0.29, 0.717) is 6.61 Å². The summed E-state index contributed by atoms with van der Waals surface area (Å²) >= 11 is 0. The van der Waals surface area contributed by atoms with Gasteiger partial charge in [0, 0.05) is 5.56 Å². The van der Waals surface area contributed by atoms with Crippen LogP contribution < -0.4 is 15.8 Å². The number of hydrogen-bond acceptors (Lipinski definition) is 3. The molecule has 3 N–H and O–H groups in total. The van der Waals surface area contributed by atoms with Gasteiger partial charge in [0.2, 0.25) is 5.91 Å². The topological polar surface area (TPSA) is 64.4 Å². The van der Waals surface area contributed by atoms with Crippen molar-refractivity contribution in [1.29, 1.82) is 0 Å². The summed E-state index contributed by atoms with van der Waals surface area (Å²) in [4.78, 5) is 11.7. The van der Waals surface area contributed by atoms with Crippen molar-refractivity contribution in [1.82, 2.24) is 5.32 Å². The van der Waals surface area contributed by atoms with Crippen LogP contribution in [0, 0.1) is 0 Å². The van der Waals surface area contributed by atoms with Gasteiger partial charge in [-0.15, -0.1) is 0 Å². The molecule has 92 valence electrons. The standard InChI is InChI=1S/C13H18N2O2/c1-9(14)13(16)15-11-6-4-8-17-12-7-3-2-5-10(11)12/h2-3,5,7,9,11H,4,6,8,14H2,1H3,(H,15,16). The van der Waals surface area contributed by atoms with E-state index in [9.17, 15) is 4.79 Å². The molecule has 0 aliphatic carbocycles. The molecule has 4 nitrogen and oxygen atoms in total. The van der Waals surface area contributed by atoms with Crippen molar-refractivity contribution in [2.24, 2.45) is 5.73 Å². The van der Waals surface area contributed by atoms with Gasteiger partial charge in [-0.2, -0.15) is 0 Å². The SMILES string of the molecule is CC(N)C(=O)NC1CCCOc2ccccc21. The Bertz CT molecular complexity index is 404. The number of carbonyl (C=O) groups is 1. The van der Waals surface area contributed by atoms with Gasteiger partial charge in [-0.25, -0.2) is 0 Å². The maximum Gasteiger partial charge on any atom is 0.237 e. The predicted octanol–water partition coefficient (Wildman–Crippen LogP) is 1.36. The Morgan fingerprint density at radius 2 is 2.29 bits per heavy atom. The summed E-state index contributed by atoms with van der Waals surface area (Å²) < 4.78 is 5.64. The zero-order valence-corrected chi connectivity index (χ0v) is 9.98. The number of nitrogens with one attached hydrogen (secondary N) is 1. The van der Waals surface area contributed by atoms with Crippen molar-refractivity contribution in [3.63, 3.8) is 0 Å². The maximum absolute atomic E-state index is 11.7. The lowest BCUT2D eigenvalue weighted by Gasteiger charge is -2.19. The number of hydrogen-bond donors (Lipinski definition) is 2. The first-order chi connectivity index (χ1) is 8.18. The van der Waals surface area contributed by atoms with Crippen LogP contribution in [0.3, 0.4) is 0 Å². The minimum Gasteiger partial charge on any atom is -0.493 e. The highest BCUT2D eigenvalue weighted by atomic mass is 16.5. The number of ether oxygens (including phenoxy) is 1. The first-order valence-electron chi connectivity index (χ1n) is 5.96. The van der Waals surface area contributed by atoms with Gasteiger partial charge in [0.25, 0.3) is 0 Å². The van der Waals surface area contributed by atoms with Crippen LogP contribution in [-0.2, 0) is 4.79 Å². The minimum absolute atomic E-state index is 0.00667. The zero-order valence-electron chi connectivity index (χ0n) is 9.98. The van der Waals surface area contributed by atoms with E-state index in [1.165, 1.54) is 0 Å². The van der Waals surface area contributed by atoms with E-state index in [-0.39, 0.29) is 11.9 Å². The number of fused-ring (bicyclic) bond motifs is 1. The molecule has 1 amide bonds. The third kappa shape index (κ3) is 2.77. The highest BCUT2D eigenvalue weighted by Crippen LogP contribution is 2.30. The summed E-state index contributed by atoms with van der Waals surface area (Å²) in [5, 5.41) is 2.97. The van der Waals surface area contributed by atoms with Crippen molar-refractivity contribution in [2.45, 2.75) is 31.8 Å². The minimum atomic E-state index is -0.480. The van der Waals surface area contributed by atoms with Gasteiger partial charge in [-0.3, -0.25) is 4.79 Å². The molecule has 2 atom stereocenters. The largest absolute Gasteiger partial charge is 0.493 e. The van der Waals surface area contributed by atoms with Crippen LogP contribution in [0.4, 0.5) is 0 Å². The van der Waals surface area contributed by atoms with E-state index in [2.05, 4.69) is 5.32 Å². The molecule has 1 aromatic rings. The second-order valence-corrected chi connectivity index (χ2v) is 4.38. The van der Waals surface area contributed by atoms with Crippen molar-refractivity contribution in [2.75, 3.05) is 6.61 Å². The Morgan fingerprint density at radius 3 is 3.06 bits per heavy atom. The fourth-order valence-electron chi connectivity index (χ4n) is 1.98. The van der Waals surface area contributed by atoms with Crippen LogP contribution in [0.2, 0.25) is 0 Å². The van der Waals surface area contributed by atoms with Gasteiger partial charge < -0.3 is 15.8 Å². The molecule has 17 heavy (non-hydrogen) atoms. The second kappa shape index (κ2) is 5.19. The quantitative estimate of drug-likeness (QED) is 0.812. The molecular weight excluding hydrogens is 216 g/mol. The van der Waals surface area contributed by atoms with Gasteiger partial charge >= 0.3 is 0 Å². The highest BCUT2D eigenvalue weighted by molar-refractivity contribution is 5.81. The molecule has 0 saturated heterocycles. The normalized spacial score (nSPS) is 20.7. The van der Waals surface area contributed by atoms with Crippen LogP contribution in [0.25, 0.3) is 0 Å². The molecule has 2 rings (SSSR count). The van der Waals surface area contributed by atoms with E-state index in [0.717, 1.165) is 24.2 Å². The van der Waals surface area contributed by atoms with Crippen LogP contribution in [0.15, 0.2) is 24.3 Å². The second-order valence-electron chi connectivity index (χ2n) is 4.38. The Morgan fingerprint density at radius 1 is 1.53 bits per heavy atom. The van der Waals surface area contributed by atoms with Crippen LogP contribution in [0.1, 0.15) is 31.4 Å². The molecular formula is C13H18N2O2. The zero-order chi connectivity index (χ0) is 12.3. The monoisotopic (exact) mass is 234 g/mol. The molecule has 1 aliphatic rings. The Hall–Kier alpha value is -1.55. The summed E-state index contributed by atoms with van der Waals surface area (Å²) in [6.07, 6.45) is 1.81. The van der Waals surface area contributed by atoms with E-state index >= 15 is 0 Å². The highest BCUT2D eigenvalue weighted by Gasteiger charge is 2.21. The molecule has 0 spiro atoms. The van der Waals surface area contributed by atoms with Crippen LogP contribution in [0.5, 0.6) is 5.75 Å². The third-order valence-corrected chi connectivity index (χ3v) is 2.92. The fourth-order valence-corrected chi connectivity index (χ4v) is 1.98. The molecule has 0 aromatic heterocycles. The van der Waals surface area contributed by atoms with Crippen molar-refractivity contribution < 1.29 is 9.53 Å². The summed E-state index contributed by atoms with van der Waals surface area (Å²) in [6.45, 7) is 2.38. The predicted molar refractivity (Wildman–Crippen MR) is 65.7 cm³/mol. The lowest BCUT2D eigenvalue weighted by atomic mass is 10.0. The molecule has 2 unspecified atom stereocenters. The molecule has 0 fully saturated rings. The van der Waals surface area contributed by atoms with Crippen molar-refractivity contribution >= 4 is 5.91 Å². The van der Waals surface area contributed by atoms with Gasteiger partial charge in [-0.1, -0.05) is 18.2 Å². The Kier molecular flexibility index (Phi) is 3.64. The van der Waals surface area contributed by atoms with E-state index in [1.807, 2.05) is 24.3 Å². The first kappa shape index (κ1) is 11.9. The van der Waals surface area contributed by atoms with Crippen LogP contribution in [-0.4, -0.2) is 18.6 Å². The lowest BCUT2D eigenvalue weighted by molar-refractivity contribution is -0.122. The average molecular weight is 234 g/mol. The van der Waals surface area contributed by atoms with E-state index in [1.54, 1.807) is 6.92 Å². The fraction of sp³-hybridized carbons (Fsp3) is 0.462. The average Bonchev–Trinajstić information content (AvgIpc) is 2.52. The van der Waals surface area contributed by atoms with Crippen molar-refractivity contribution in [3.05, 3.63) is 29.8 Å². The molecule has 1 heterocycles. The van der Waals surface area contributed by atoms with Crippen LogP contribution >= 0.6 is 0 Å². The maximum atomic E-state index is 11.7. The summed E-state index contributed by atoms with van der Waals surface area (Å²) in [6, 6.07) is 7.35. The molecule has 0 saturated carbocycles. The first-order valence-corrected chi connectivity index (χ1v) is 5.96. The number of benzene rings is 1. The molecule has 4 heteroatoms. The smallest absolute Gasteiger partial charge is 0.237 e. The number of carbonyl (C=O) groups excluding carboxylic acids is 1. The molecule has 0 bridgehead atoms. The van der Waals surface area contributed by atoms with Gasteiger partial charge in [0.15, 0.2) is 0 Å². The summed E-state index contributed by atoms with van der Waals surface area (Å²) in [7, 11) is 0. The van der Waals surface area contributed by atoms with Gasteiger partial charge in [0.05, 0.1) is 18.7 Å². The number of para-hydroxylation sites is 1. The number of amides is 1. The Labute approximate surface area is 101 Å².